The standard InChI is InChI=1S/C15H19FN2OS/c1-15(2)7-3-4-10(15)14(19)18-12-6-5-9(13(17)20)8-11(12)16/h5-6,8,10H,3-4,7H2,1-2H3,(H2,17,20)(H,18,19). The first-order chi connectivity index (χ1) is 9.31. The van der Waals surface area contributed by atoms with Gasteiger partial charge in [0.15, 0.2) is 0 Å². The molecule has 1 aliphatic carbocycles. The number of carbonyl (C=O) groups excluding carboxylic acids is 1. The van der Waals surface area contributed by atoms with Gasteiger partial charge in [0, 0.05) is 11.5 Å². The summed E-state index contributed by atoms with van der Waals surface area (Å²) in [6.45, 7) is 4.16. The molecule has 1 unspecified atom stereocenters. The van der Waals surface area contributed by atoms with Gasteiger partial charge >= 0.3 is 0 Å². The predicted molar refractivity (Wildman–Crippen MR) is 82.0 cm³/mol. The summed E-state index contributed by atoms with van der Waals surface area (Å²) in [5.41, 5.74) is 6.05. The normalized spacial score (nSPS) is 20.6. The molecule has 1 aliphatic rings. The van der Waals surface area contributed by atoms with Crippen LogP contribution in [-0.2, 0) is 4.79 Å². The Hall–Kier alpha value is -1.49. The number of thiocarbonyl (C=S) groups is 1. The van der Waals surface area contributed by atoms with Crippen molar-refractivity contribution in [2.75, 3.05) is 5.32 Å². The van der Waals surface area contributed by atoms with E-state index in [1.807, 2.05) is 0 Å². The van der Waals surface area contributed by atoms with Gasteiger partial charge in [-0.3, -0.25) is 4.79 Å². The molecule has 0 saturated heterocycles. The van der Waals surface area contributed by atoms with Crippen molar-refractivity contribution in [3.8, 4) is 0 Å². The Morgan fingerprint density at radius 1 is 1.50 bits per heavy atom. The zero-order valence-corrected chi connectivity index (χ0v) is 12.5. The van der Waals surface area contributed by atoms with Gasteiger partial charge in [-0.2, -0.15) is 0 Å². The van der Waals surface area contributed by atoms with E-state index in [0.717, 1.165) is 19.3 Å². The van der Waals surface area contributed by atoms with Crippen molar-refractivity contribution in [1.29, 1.82) is 0 Å². The first-order valence-electron chi connectivity index (χ1n) is 6.71. The summed E-state index contributed by atoms with van der Waals surface area (Å²) in [6, 6.07) is 4.36. The largest absolute Gasteiger partial charge is 0.389 e. The lowest BCUT2D eigenvalue weighted by atomic mass is 9.81. The molecule has 3 nitrogen and oxygen atoms in total. The lowest BCUT2D eigenvalue weighted by molar-refractivity contribution is -0.122. The van der Waals surface area contributed by atoms with Gasteiger partial charge in [-0.05, 0) is 36.5 Å². The van der Waals surface area contributed by atoms with Crippen LogP contribution in [0.4, 0.5) is 10.1 Å². The first-order valence-corrected chi connectivity index (χ1v) is 7.12. The maximum Gasteiger partial charge on any atom is 0.228 e. The minimum atomic E-state index is -0.514. The zero-order chi connectivity index (χ0) is 14.9. The molecule has 0 bridgehead atoms. The highest BCUT2D eigenvalue weighted by atomic mass is 32.1. The number of halogens is 1. The van der Waals surface area contributed by atoms with Gasteiger partial charge in [-0.15, -0.1) is 0 Å². The minimum Gasteiger partial charge on any atom is -0.389 e. The maximum atomic E-state index is 13.9. The number of amides is 1. The highest BCUT2D eigenvalue weighted by molar-refractivity contribution is 7.80. The van der Waals surface area contributed by atoms with Crippen LogP contribution in [0.5, 0.6) is 0 Å². The summed E-state index contributed by atoms with van der Waals surface area (Å²) in [7, 11) is 0. The van der Waals surface area contributed by atoms with Crippen LogP contribution in [0.25, 0.3) is 0 Å². The Kier molecular flexibility index (Phi) is 4.09. The molecule has 0 spiro atoms. The van der Waals surface area contributed by atoms with E-state index in [4.69, 9.17) is 18.0 Å². The lowest BCUT2D eigenvalue weighted by Gasteiger charge is -2.26. The van der Waals surface area contributed by atoms with Crippen LogP contribution >= 0.6 is 12.2 Å². The summed E-state index contributed by atoms with van der Waals surface area (Å²) in [6.07, 6.45) is 2.91. The zero-order valence-electron chi connectivity index (χ0n) is 11.7. The van der Waals surface area contributed by atoms with Gasteiger partial charge in [-0.1, -0.05) is 32.5 Å². The van der Waals surface area contributed by atoms with Crippen LogP contribution in [0.2, 0.25) is 0 Å². The highest BCUT2D eigenvalue weighted by Crippen LogP contribution is 2.43. The number of hydrogen-bond acceptors (Lipinski definition) is 2. The third-order valence-electron chi connectivity index (χ3n) is 4.09. The van der Waals surface area contributed by atoms with E-state index < -0.39 is 5.82 Å². The third kappa shape index (κ3) is 2.98. The van der Waals surface area contributed by atoms with Gasteiger partial charge in [-0.25, -0.2) is 4.39 Å². The SMILES string of the molecule is CC1(C)CCCC1C(=O)Nc1ccc(C(N)=S)cc1F. The molecular formula is C15H19FN2OS. The summed E-state index contributed by atoms with van der Waals surface area (Å²) in [5, 5.41) is 2.68. The van der Waals surface area contributed by atoms with Crippen molar-refractivity contribution in [2.45, 2.75) is 33.1 Å². The molecular weight excluding hydrogens is 275 g/mol. The topological polar surface area (TPSA) is 55.1 Å². The third-order valence-corrected chi connectivity index (χ3v) is 4.32. The molecule has 0 heterocycles. The first kappa shape index (κ1) is 14.9. The molecule has 1 amide bonds. The van der Waals surface area contributed by atoms with Crippen molar-refractivity contribution in [1.82, 2.24) is 0 Å². The van der Waals surface area contributed by atoms with E-state index in [2.05, 4.69) is 19.2 Å². The van der Waals surface area contributed by atoms with Crippen molar-refractivity contribution < 1.29 is 9.18 Å². The molecule has 1 aromatic rings. The number of hydrogen-bond donors (Lipinski definition) is 2. The molecule has 20 heavy (non-hydrogen) atoms. The Labute approximate surface area is 123 Å². The molecule has 5 heteroatoms. The van der Waals surface area contributed by atoms with E-state index in [1.165, 1.54) is 12.1 Å². The fraction of sp³-hybridized carbons (Fsp3) is 0.467. The predicted octanol–water partition coefficient (Wildman–Crippen LogP) is 3.22. The molecule has 108 valence electrons. The fourth-order valence-corrected chi connectivity index (χ4v) is 2.93. The van der Waals surface area contributed by atoms with E-state index in [9.17, 15) is 9.18 Å². The number of benzene rings is 1. The fourth-order valence-electron chi connectivity index (χ4n) is 2.80. The second-order valence-electron chi connectivity index (χ2n) is 5.98. The molecule has 1 aromatic carbocycles. The van der Waals surface area contributed by atoms with Crippen molar-refractivity contribution in [3.05, 3.63) is 29.6 Å². The Balaban J connectivity index is 2.14. The van der Waals surface area contributed by atoms with Crippen LogP contribution in [0.15, 0.2) is 18.2 Å². The average Bonchev–Trinajstić information content (AvgIpc) is 2.71. The maximum absolute atomic E-state index is 13.9. The molecule has 0 aliphatic heterocycles. The molecule has 1 fully saturated rings. The summed E-state index contributed by atoms with van der Waals surface area (Å²) >= 11 is 4.79. The quantitative estimate of drug-likeness (QED) is 0.842. The van der Waals surface area contributed by atoms with Gasteiger partial charge in [0.05, 0.1) is 5.69 Å². The molecule has 0 radical (unpaired) electrons. The summed E-state index contributed by atoms with van der Waals surface area (Å²) in [4.78, 5) is 12.4. The number of anilines is 1. The van der Waals surface area contributed by atoms with Gasteiger partial charge in [0.1, 0.15) is 10.8 Å². The molecule has 2 rings (SSSR count). The van der Waals surface area contributed by atoms with Crippen LogP contribution < -0.4 is 11.1 Å². The van der Waals surface area contributed by atoms with Crippen molar-refractivity contribution >= 4 is 28.8 Å². The number of carbonyl (C=O) groups is 1. The lowest BCUT2D eigenvalue weighted by Crippen LogP contribution is -2.31. The van der Waals surface area contributed by atoms with E-state index in [-0.39, 0.29) is 27.9 Å². The van der Waals surface area contributed by atoms with Crippen molar-refractivity contribution in [2.24, 2.45) is 17.1 Å². The average molecular weight is 294 g/mol. The minimum absolute atomic E-state index is 0.0284. The van der Waals surface area contributed by atoms with E-state index >= 15 is 0 Å². The van der Waals surface area contributed by atoms with Crippen LogP contribution in [0.3, 0.4) is 0 Å². The second kappa shape index (κ2) is 5.48. The monoisotopic (exact) mass is 294 g/mol. The van der Waals surface area contributed by atoms with Crippen molar-refractivity contribution in [3.63, 3.8) is 0 Å². The Morgan fingerprint density at radius 2 is 2.20 bits per heavy atom. The van der Waals surface area contributed by atoms with Gasteiger partial charge < -0.3 is 11.1 Å². The molecule has 1 atom stereocenters. The smallest absolute Gasteiger partial charge is 0.228 e. The number of nitrogens with two attached hydrogens (primary N) is 1. The molecule has 1 saturated carbocycles. The van der Waals surface area contributed by atoms with Crippen LogP contribution in [0, 0.1) is 17.2 Å². The number of nitrogens with one attached hydrogen (secondary N) is 1. The van der Waals surface area contributed by atoms with Gasteiger partial charge in [0.2, 0.25) is 5.91 Å². The Bertz CT molecular complexity index is 557. The molecule has 3 N–H and O–H groups in total. The molecule has 0 aromatic heterocycles. The van der Waals surface area contributed by atoms with Crippen LogP contribution in [0.1, 0.15) is 38.7 Å². The Morgan fingerprint density at radius 3 is 2.70 bits per heavy atom. The van der Waals surface area contributed by atoms with Gasteiger partial charge in [0.25, 0.3) is 0 Å². The number of rotatable bonds is 3. The summed E-state index contributed by atoms with van der Waals surface area (Å²) in [5.74, 6) is -0.703. The van der Waals surface area contributed by atoms with E-state index in [1.54, 1.807) is 6.07 Å². The summed E-state index contributed by atoms with van der Waals surface area (Å²) < 4.78 is 13.9. The second-order valence-corrected chi connectivity index (χ2v) is 6.42. The highest BCUT2D eigenvalue weighted by Gasteiger charge is 2.39. The van der Waals surface area contributed by atoms with E-state index in [0.29, 0.717) is 5.56 Å². The van der Waals surface area contributed by atoms with Crippen LogP contribution in [-0.4, -0.2) is 10.9 Å².